The second kappa shape index (κ2) is 4.49. The number of nitrogens with one attached hydrogen (secondary N) is 2. The Kier molecular flexibility index (Phi) is 2.90. The second-order valence-electron chi connectivity index (χ2n) is 4.98. The molecule has 7 heteroatoms. The van der Waals surface area contributed by atoms with Crippen molar-refractivity contribution in [1.29, 1.82) is 0 Å². The van der Waals surface area contributed by atoms with Crippen LogP contribution in [0, 0.1) is 5.92 Å². The van der Waals surface area contributed by atoms with Gasteiger partial charge in [0, 0.05) is 24.9 Å². The van der Waals surface area contributed by atoms with E-state index < -0.39 is 0 Å². The zero-order valence-electron chi connectivity index (χ0n) is 11.0. The molecule has 0 bridgehead atoms. The topological polar surface area (TPSA) is 79.2 Å². The van der Waals surface area contributed by atoms with Gasteiger partial charge in [-0.15, -0.1) is 0 Å². The Morgan fingerprint density at radius 3 is 2.85 bits per heavy atom. The number of aromatic amines is 1. The standard InChI is InChI=1S/C13H13ClN4O2/c1-6-3-10(19)16-17-11(6)7-4-8(14)12-9(5-7)18(2)13(20)15-12/h4-6H,3H2,1-2H3,(H,15,20)(H,16,19). The number of nitrogens with zero attached hydrogens (tertiary/aromatic N) is 2. The maximum Gasteiger partial charge on any atom is 0.326 e. The molecule has 1 aliphatic heterocycles. The Morgan fingerprint density at radius 2 is 2.15 bits per heavy atom. The van der Waals surface area contributed by atoms with E-state index in [1.165, 1.54) is 4.57 Å². The fraction of sp³-hybridized carbons (Fsp3) is 0.308. The van der Waals surface area contributed by atoms with Crippen LogP contribution in [0.3, 0.4) is 0 Å². The van der Waals surface area contributed by atoms with Crippen molar-refractivity contribution in [2.45, 2.75) is 13.3 Å². The molecule has 0 saturated carbocycles. The number of imidazole rings is 1. The summed E-state index contributed by atoms with van der Waals surface area (Å²) in [5.41, 5.74) is 5.16. The van der Waals surface area contributed by atoms with Gasteiger partial charge in [-0.3, -0.25) is 9.36 Å². The number of carbonyl (C=O) groups is 1. The number of aryl methyl sites for hydroxylation is 1. The molecule has 1 aliphatic rings. The molecule has 6 nitrogen and oxygen atoms in total. The highest BCUT2D eigenvalue weighted by molar-refractivity contribution is 6.35. The molecule has 2 aromatic rings. The van der Waals surface area contributed by atoms with Crippen LogP contribution in [-0.2, 0) is 11.8 Å². The average Bonchev–Trinajstić information content (AvgIpc) is 2.67. The van der Waals surface area contributed by atoms with Crippen LogP contribution in [0.15, 0.2) is 22.0 Å². The lowest BCUT2D eigenvalue weighted by Crippen LogP contribution is -2.31. The summed E-state index contributed by atoms with van der Waals surface area (Å²) >= 11 is 6.22. The summed E-state index contributed by atoms with van der Waals surface area (Å²) in [5.74, 6) is -0.0873. The zero-order valence-corrected chi connectivity index (χ0v) is 11.8. The molecule has 1 amide bonds. The number of fused-ring (bicyclic) bond motifs is 1. The lowest BCUT2D eigenvalue weighted by molar-refractivity contribution is -0.121. The SMILES string of the molecule is CC1CC(=O)NN=C1c1cc(Cl)c2[nH]c(=O)n(C)c2c1. The molecule has 0 radical (unpaired) electrons. The fourth-order valence-corrected chi connectivity index (χ4v) is 2.69. The number of aromatic nitrogens is 2. The van der Waals surface area contributed by atoms with Crippen molar-refractivity contribution in [2.24, 2.45) is 18.1 Å². The van der Waals surface area contributed by atoms with Gasteiger partial charge in [-0.1, -0.05) is 18.5 Å². The van der Waals surface area contributed by atoms with Crippen molar-refractivity contribution in [2.75, 3.05) is 0 Å². The number of H-pyrrole nitrogens is 1. The van der Waals surface area contributed by atoms with Crippen molar-refractivity contribution in [3.05, 3.63) is 33.2 Å². The highest BCUT2D eigenvalue weighted by Gasteiger charge is 2.23. The highest BCUT2D eigenvalue weighted by Crippen LogP contribution is 2.26. The van der Waals surface area contributed by atoms with Crippen LogP contribution >= 0.6 is 11.6 Å². The van der Waals surface area contributed by atoms with Gasteiger partial charge in [-0.05, 0) is 12.1 Å². The third kappa shape index (κ3) is 1.92. The molecule has 2 heterocycles. The van der Waals surface area contributed by atoms with Crippen LogP contribution in [0.5, 0.6) is 0 Å². The molecule has 1 unspecified atom stereocenters. The molecular formula is C13H13ClN4O2. The van der Waals surface area contributed by atoms with Gasteiger partial charge in [-0.25, -0.2) is 10.2 Å². The van der Waals surface area contributed by atoms with Gasteiger partial charge in [0.1, 0.15) is 0 Å². The van der Waals surface area contributed by atoms with E-state index in [1.54, 1.807) is 13.1 Å². The normalized spacial score (nSPS) is 19.1. The quantitative estimate of drug-likeness (QED) is 0.833. The number of halogens is 1. The van der Waals surface area contributed by atoms with Gasteiger partial charge in [0.25, 0.3) is 0 Å². The maximum atomic E-state index is 11.6. The van der Waals surface area contributed by atoms with Crippen LogP contribution < -0.4 is 11.1 Å². The van der Waals surface area contributed by atoms with Gasteiger partial charge in [0.2, 0.25) is 5.91 Å². The number of rotatable bonds is 1. The van der Waals surface area contributed by atoms with E-state index >= 15 is 0 Å². The van der Waals surface area contributed by atoms with Crippen LogP contribution in [0.4, 0.5) is 0 Å². The van der Waals surface area contributed by atoms with Crippen LogP contribution in [0.1, 0.15) is 18.9 Å². The molecule has 1 aromatic carbocycles. The minimum Gasteiger partial charge on any atom is -0.304 e. The van der Waals surface area contributed by atoms with Gasteiger partial charge in [0.15, 0.2) is 0 Å². The van der Waals surface area contributed by atoms with Crippen molar-refractivity contribution in [1.82, 2.24) is 15.0 Å². The first kappa shape index (κ1) is 12.9. The summed E-state index contributed by atoms with van der Waals surface area (Å²) in [7, 11) is 1.68. The lowest BCUT2D eigenvalue weighted by Gasteiger charge is -2.19. The van der Waals surface area contributed by atoms with Crippen LogP contribution in [-0.4, -0.2) is 21.2 Å². The second-order valence-corrected chi connectivity index (χ2v) is 5.39. The molecule has 0 spiro atoms. The molecule has 0 fully saturated rings. The largest absolute Gasteiger partial charge is 0.326 e. The molecular weight excluding hydrogens is 280 g/mol. The predicted molar refractivity (Wildman–Crippen MR) is 77.0 cm³/mol. The first-order chi connectivity index (χ1) is 9.47. The van der Waals surface area contributed by atoms with E-state index in [0.717, 1.165) is 11.3 Å². The zero-order chi connectivity index (χ0) is 14.4. The van der Waals surface area contributed by atoms with Gasteiger partial charge in [-0.2, -0.15) is 5.10 Å². The monoisotopic (exact) mass is 292 g/mol. The Balaban J connectivity index is 2.20. The Morgan fingerprint density at radius 1 is 1.40 bits per heavy atom. The summed E-state index contributed by atoms with van der Waals surface area (Å²) in [5, 5.41) is 4.57. The molecule has 1 atom stereocenters. The third-order valence-electron chi connectivity index (χ3n) is 3.52. The number of carbonyl (C=O) groups excluding carboxylic acids is 1. The predicted octanol–water partition coefficient (Wildman–Crippen LogP) is 1.38. The molecule has 2 N–H and O–H groups in total. The average molecular weight is 293 g/mol. The van der Waals surface area contributed by atoms with Gasteiger partial charge >= 0.3 is 5.69 Å². The molecule has 3 rings (SSSR count). The summed E-state index contributed by atoms with van der Waals surface area (Å²) in [6, 6.07) is 3.61. The van der Waals surface area contributed by atoms with Crippen LogP contribution in [0.25, 0.3) is 11.0 Å². The van der Waals surface area contributed by atoms with Crippen molar-refractivity contribution < 1.29 is 4.79 Å². The summed E-state index contributed by atoms with van der Waals surface area (Å²) in [6.45, 7) is 1.94. The summed E-state index contributed by atoms with van der Waals surface area (Å²) in [6.07, 6.45) is 0.389. The van der Waals surface area contributed by atoms with Crippen molar-refractivity contribution in [3.8, 4) is 0 Å². The van der Waals surface area contributed by atoms with E-state index in [9.17, 15) is 9.59 Å². The Bertz CT molecular complexity index is 803. The van der Waals surface area contributed by atoms with E-state index in [2.05, 4.69) is 15.5 Å². The molecule has 1 aromatic heterocycles. The highest BCUT2D eigenvalue weighted by atomic mass is 35.5. The number of benzene rings is 1. The minimum atomic E-state index is -0.217. The van der Waals surface area contributed by atoms with Gasteiger partial charge < -0.3 is 4.98 Å². The summed E-state index contributed by atoms with van der Waals surface area (Å²) < 4.78 is 1.50. The third-order valence-corrected chi connectivity index (χ3v) is 3.82. The first-order valence-corrected chi connectivity index (χ1v) is 6.60. The molecule has 0 aliphatic carbocycles. The van der Waals surface area contributed by atoms with Gasteiger partial charge in [0.05, 0.1) is 21.8 Å². The fourth-order valence-electron chi connectivity index (χ4n) is 2.43. The van der Waals surface area contributed by atoms with E-state index in [1.807, 2.05) is 13.0 Å². The van der Waals surface area contributed by atoms with E-state index in [-0.39, 0.29) is 17.5 Å². The number of hydrazone groups is 1. The number of hydrogen-bond acceptors (Lipinski definition) is 3. The first-order valence-electron chi connectivity index (χ1n) is 6.22. The number of hydrogen-bond donors (Lipinski definition) is 2. The van der Waals surface area contributed by atoms with E-state index in [0.29, 0.717) is 22.5 Å². The summed E-state index contributed by atoms with van der Waals surface area (Å²) in [4.78, 5) is 25.6. The molecule has 20 heavy (non-hydrogen) atoms. The van der Waals surface area contributed by atoms with E-state index in [4.69, 9.17) is 11.6 Å². The van der Waals surface area contributed by atoms with Crippen LogP contribution in [0.2, 0.25) is 5.02 Å². The maximum absolute atomic E-state index is 11.6. The Labute approximate surface area is 119 Å². The van der Waals surface area contributed by atoms with Crippen molar-refractivity contribution in [3.63, 3.8) is 0 Å². The molecule has 0 saturated heterocycles. The number of amides is 1. The minimum absolute atomic E-state index is 0.00763. The van der Waals surface area contributed by atoms with Crippen molar-refractivity contribution >= 4 is 34.3 Å². The Hall–Kier alpha value is -2.08. The molecule has 104 valence electrons. The smallest absolute Gasteiger partial charge is 0.304 e. The lowest BCUT2D eigenvalue weighted by atomic mass is 9.94.